The minimum Gasteiger partial charge on any atom is -0.348 e. The molecule has 1 aliphatic heterocycles. The Bertz CT molecular complexity index is 234. The van der Waals surface area contributed by atoms with Crippen LogP contribution in [0.3, 0.4) is 0 Å². The lowest BCUT2D eigenvalue weighted by Crippen LogP contribution is -2.24. The quantitative estimate of drug-likeness (QED) is 0.650. The molecule has 0 aliphatic carbocycles. The summed E-state index contributed by atoms with van der Waals surface area (Å²) in [6.07, 6.45) is 3.47. The summed E-state index contributed by atoms with van der Waals surface area (Å²) in [7, 11) is 0. The summed E-state index contributed by atoms with van der Waals surface area (Å²) >= 11 is 0. The number of allylic oxidation sites excluding steroid dienone is 2. The third-order valence-corrected chi connectivity index (χ3v) is 2.16. The van der Waals surface area contributed by atoms with Crippen LogP contribution in [0.4, 0.5) is 0 Å². The lowest BCUT2D eigenvalue weighted by molar-refractivity contribution is -0.145. The molecule has 0 aromatic rings. The Morgan fingerprint density at radius 3 is 2.43 bits per heavy atom. The molecule has 1 rings (SSSR count). The third kappa shape index (κ3) is 4.25. The Balaban J connectivity index is 2.40. The highest BCUT2D eigenvalue weighted by molar-refractivity contribution is 4.92. The zero-order valence-corrected chi connectivity index (χ0v) is 9.72. The molecule has 1 heterocycles. The first-order valence-electron chi connectivity index (χ1n) is 5.77. The maximum absolute atomic E-state index is 7.83. The molecule has 14 heavy (non-hydrogen) atoms. The lowest BCUT2D eigenvalue weighted by atomic mass is 9.95. The molecule has 82 valence electrons. The van der Waals surface area contributed by atoms with Crippen LogP contribution < -0.4 is 0 Å². The van der Waals surface area contributed by atoms with Crippen LogP contribution in [-0.4, -0.2) is 19.0 Å². The average Bonchev–Trinajstić information content (AvgIpc) is 2.47. The van der Waals surface area contributed by atoms with Crippen molar-refractivity contribution < 1.29 is 10.8 Å². The molecule has 1 saturated heterocycles. The van der Waals surface area contributed by atoms with Crippen molar-refractivity contribution in [1.82, 2.24) is 0 Å². The molecule has 2 heteroatoms. The topological polar surface area (TPSA) is 18.5 Å². The molecule has 0 unspecified atom stereocenters. The van der Waals surface area contributed by atoms with Gasteiger partial charge in [-0.3, -0.25) is 0 Å². The fourth-order valence-electron chi connectivity index (χ4n) is 1.38. The van der Waals surface area contributed by atoms with Crippen LogP contribution in [0.25, 0.3) is 0 Å². The fraction of sp³-hybridized carbons (Fsp3) is 0.833. The second-order valence-corrected chi connectivity index (χ2v) is 5.05. The fourth-order valence-corrected chi connectivity index (χ4v) is 1.38. The Morgan fingerprint density at radius 1 is 1.36 bits per heavy atom. The van der Waals surface area contributed by atoms with Gasteiger partial charge >= 0.3 is 0 Å². The van der Waals surface area contributed by atoms with E-state index < -0.39 is 5.79 Å². The van der Waals surface area contributed by atoms with Crippen molar-refractivity contribution in [2.24, 2.45) is 5.41 Å². The van der Waals surface area contributed by atoms with Gasteiger partial charge in [0, 0.05) is 6.42 Å². The molecular weight excluding hydrogens is 176 g/mol. The van der Waals surface area contributed by atoms with Crippen LogP contribution in [0.5, 0.6) is 0 Å². The van der Waals surface area contributed by atoms with E-state index in [1.165, 1.54) is 0 Å². The van der Waals surface area contributed by atoms with Gasteiger partial charge in [-0.05, 0) is 18.8 Å². The Kier molecular flexibility index (Phi) is 3.24. The minimum absolute atomic E-state index is 0.0787. The van der Waals surface area contributed by atoms with Gasteiger partial charge < -0.3 is 9.47 Å². The van der Waals surface area contributed by atoms with Crippen molar-refractivity contribution in [2.75, 3.05) is 13.2 Å². The van der Waals surface area contributed by atoms with Gasteiger partial charge in [0.1, 0.15) is 0 Å². The molecule has 0 aromatic carbocycles. The van der Waals surface area contributed by atoms with Gasteiger partial charge in [-0.1, -0.05) is 32.9 Å². The van der Waals surface area contributed by atoms with Crippen molar-refractivity contribution in [1.29, 1.82) is 0 Å². The Morgan fingerprint density at radius 2 is 1.93 bits per heavy atom. The van der Waals surface area contributed by atoms with Crippen LogP contribution in [0, 0.1) is 5.41 Å². The van der Waals surface area contributed by atoms with E-state index in [1.54, 1.807) is 0 Å². The second-order valence-electron chi connectivity index (χ2n) is 5.05. The SMILES string of the molecule is [2H]/C(=C\C(C)(C)C)CCC1(C)OCCO1. The summed E-state index contributed by atoms with van der Waals surface area (Å²) in [5, 5.41) is 0. The number of rotatable bonds is 3. The number of hydrogen-bond acceptors (Lipinski definition) is 2. The monoisotopic (exact) mass is 199 g/mol. The normalized spacial score (nSPS) is 23.7. The van der Waals surface area contributed by atoms with Gasteiger partial charge in [-0.25, -0.2) is 0 Å². The van der Waals surface area contributed by atoms with Gasteiger partial charge in [0.2, 0.25) is 0 Å². The summed E-state index contributed by atoms with van der Waals surface area (Å²) in [5.74, 6) is -0.460. The summed E-state index contributed by atoms with van der Waals surface area (Å²) < 4.78 is 18.8. The van der Waals surface area contributed by atoms with Crippen molar-refractivity contribution in [3.05, 3.63) is 12.1 Å². The van der Waals surface area contributed by atoms with Gasteiger partial charge in [-0.2, -0.15) is 0 Å². The first-order chi connectivity index (χ1) is 6.81. The van der Waals surface area contributed by atoms with Gasteiger partial charge in [0.15, 0.2) is 5.79 Å². The van der Waals surface area contributed by atoms with Crippen LogP contribution in [0.1, 0.15) is 41.9 Å². The van der Waals surface area contributed by atoms with E-state index in [0.717, 1.165) is 6.42 Å². The molecule has 0 bridgehead atoms. The second kappa shape index (κ2) is 4.45. The van der Waals surface area contributed by atoms with Crippen molar-refractivity contribution in [3.63, 3.8) is 0 Å². The molecule has 2 nitrogen and oxygen atoms in total. The maximum Gasteiger partial charge on any atom is 0.166 e. The Labute approximate surface area is 88.7 Å². The first kappa shape index (κ1) is 10.2. The van der Waals surface area contributed by atoms with Crippen LogP contribution >= 0.6 is 0 Å². The van der Waals surface area contributed by atoms with Crippen LogP contribution in [-0.2, 0) is 9.47 Å². The summed E-state index contributed by atoms with van der Waals surface area (Å²) in [6.45, 7) is 9.60. The molecule has 0 N–H and O–H groups in total. The van der Waals surface area contributed by atoms with E-state index >= 15 is 0 Å². The molecule has 1 aliphatic rings. The zero-order valence-electron chi connectivity index (χ0n) is 10.7. The Hall–Kier alpha value is -0.340. The smallest absolute Gasteiger partial charge is 0.166 e. The molecule has 0 amide bonds. The van der Waals surface area contributed by atoms with E-state index in [1.807, 2.05) is 13.0 Å². The third-order valence-electron chi connectivity index (χ3n) is 2.16. The number of ether oxygens (including phenoxy) is 2. The van der Waals surface area contributed by atoms with E-state index in [9.17, 15) is 0 Å². The maximum atomic E-state index is 7.83. The molecule has 1 fully saturated rings. The van der Waals surface area contributed by atoms with Gasteiger partial charge in [0.05, 0.1) is 14.6 Å². The molecule has 0 saturated carbocycles. The summed E-state index contributed by atoms with van der Waals surface area (Å²) in [4.78, 5) is 0. The molecule has 0 radical (unpaired) electrons. The van der Waals surface area contributed by atoms with Crippen LogP contribution in [0.15, 0.2) is 12.1 Å². The first-order valence-corrected chi connectivity index (χ1v) is 5.27. The predicted octanol–water partition coefficient (Wildman–Crippen LogP) is 3.13. The largest absolute Gasteiger partial charge is 0.348 e. The highest BCUT2D eigenvalue weighted by Gasteiger charge is 2.29. The molecule has 0 aromatic heterocycles. The number of hydrogen-bond donors (Lipinski definition) is 0. The summed E-state index contributed by atoms with van der Waals surface area (Å²) in [6, 6.07) is 0.669. The van der Waals surface area contributed by atoms with E-state index in [4.69, 9.17) is 10.8 Å². The van der Waals surface area contributed by atoms with Gasteiger partial charge in [-0.15, -0.1) is 0 Å². The van der Waals surface area contributed by atoms with Crippen molar-refractivity contribution in [3.8, 4) is 0 Å². The highest BCUT2D eigenvalue weighted by Crippen LogP contribution is 2.24. The lowest BCUT2D eigenvalue weighted by Gasteiger charge is -2.21. The van der Waals surface area contributed by atoms with E-state index in [-0.39, 0.29) is 5.41 Å². The van der Waals surface area contributed by atoms with E-state index in [0.29, 0.717) is 25.7 Å². The minimum atomic E-state index is -0.460. The molecular formula is C12H22O2. The average molecular weight is 199 g/mol. The zero-order chi connectivity index (χ0) is 11.5. The standard InChI is InChI=1S/C12H22O2/c1-11(2,3)7-5-6-8-12(4)13-9-10-14-12/h5,7H,6,8-10H2,1-4H3/b7-5+/i5D. The van der Waals surface area contributed by atoms with Crippen molar-refractivity contribution >= 4 is 0 Å². The van der Waals surface area contributed by atoms with Crippen LogP contribution in [0.2, 0.25) is 0 Å². The van der Waals surface area contributed by atoms with Gasteiger partial charge in [0.25, 0.3) is 0 Å². The molecule has 0 atom stereocenters. The predicted molar refractivity (Wildman–Crippen MR) is 58.1 cm³/mol. The molecule has 0 spiro atoms. The summed E-state index contributed by atoms with van der Waals surface area (Å²) in [5.41, 5.74) is 0.0787. The highest BCUT2D eigenvalue weighted by atomic mass is 16.7. The van der Waals surface area contributed by atoms with E-state index in [2.05, 4.69) is 20.8 Å². The van der Waals surface area contributed by atoms with Crippen molar-refractivity contribution in [2.45, 2.75) is 46.3 Å².